The molecule has 0 spiro atoms. The molecule has 0 amide bonds. The van der Waals surface area contributed by atoms with Gasteiger partial charge in [0, 0.05) is 63.7 Å². The van der Waals surface area contributed by atoms with Gasteiger partial charge >= 0.3 is 0 Å². The van der Waals surface area contributed by atoms with Gasteiger partial charge in [-0.1, -0.05) is 30.3 Å². The first-order chi connectivity index (χ1) is 24.1. The Kier molecular flexibility index (Phi) is 5.63. The van der Waals surface area contributed by atoms with Crippen molar-refractivity contribution >= 4 is 33.2 Å². The number of rotatable bonds is 5. The molecule has 5 heteroatoms. The van der Waals surface area contributed by atoms with Gasteiger partial charge in [0.1, 0.15) is 0 Å². The Morgan fingerprint density at radius 2 is 0.918 bits per heavy atom. The summed E-state index contributed by atoms with van der Waals surface area (Å²) >= 11 is 0. The molecule has 5 nitrogen and oxygen atoms in total. The summed E-state index contributed by atoms with van der Waals surface area (Å²) in [6.07, 6.45) is 27.0. The maximum Gasteiger partial charge on any atom is 0.0947 e. The minimum atomic E-state index is 0.398. The molecule has 0 radical (unpaired) electrons. The number of anilines is 2. The van der Waals surface area contributed by atoms with Crippen LogP contribution in [0.5, 0.6) is 0 Å². The maximum absolute atomic E-state index is 2.75. The van der Waals surface area contributed by atoms with Crippen LogP contribution in [-0.2, 0) is 0 Å². The molecule has 0 atom stereocenters. The highest BCUT2D eigenvalue weighted by Gasteiger charge is 2.55. The van der Waals surface area contributed by atoms with Crippen LogP contribution in [0.25, 0.3) is 27.5 Å². The minimum absolute atomic E-state index is 0.398. The summed E-state index contributed by atoms with van der Waals surface area (Å²) in [5, 5.41) is 2.66. The second-order valence-electron chi connectivity index (χ2n) is 18.1. The quantitative estimate of drug-likeness (QED) is 0.215. The minimum Gasteiger partial charge on any atom is -0.353 e. The third-order valence-electron chi connectivity index (χ3n) is 15.1. The van der Waals surface area contributed by atoms with Gasteiger partial charge in [0.15, 0.2) is 0 Å². The number of fused-ring (bicyclic) bond motifs is 3. The Morgan fingerprint density at radius 3 is 1.49 bits per heavy atom. The van der Waals surface area contributed by atoms with E-state index in [0.717, 1.165) is 48.8 Å². The summed E-state index contributed by atoms with van der Waals surface area (Å²) in [4.78, 5) is 10.5. The molecule has 0 unspecified atom stereocenters. The normalized spacial score (nSPS) is 36.9. The number of hydrogen-bond donors (Lipinski definition) is 0. The van der Waals surface area contributed by atoms with Crippen molar-refractivity contribution in [2.45, 2.75) is 88.1 Å². The molecular formula is C44H49N5. The first kappa shape index (κ1) is 27.9. The van der Waals surface area contributed by atoms with Gasteiger partial charge in [-0.05, 0) is 149 Å². The molecule has 3 aromatic carbocycles. The molecule has 8 aliphatic carbocycles. The first-order valence-electron chi connectivity index (χ1n) is 19.6. The van der Waals surface area contributed by atoms with Crippen molar-refractivity contribution in [1.82, 2.24) is 14.4 Å². The Labute approximate surface area is 290 Å². The number of benzene rings is 3. The zero-order chi connectivity index (χ0) is 31.9. The molecule has 8 saturated carbocycles. The fourth-order valence-electron chi connectivity index (χ4n) is 13.9. The zero-order valence-electron chi connectivity index (χ0n) is 28.8. The van der Waals surface area contributed by atoms with E-state index in [0.29, 0.717) is 11.1 Å². The second kappa shape index (κ2) is 9.89. The third kappa shape index (κ3) is 4.11. The number of hydrogen-bond acceptors (Lipinski definition) is 4. The molecule has 8 fully saturated rings. The molecule has 8 bridgehead atoms. The van der Waals surface area contributed by atoms with Gasteiger partial charge in [0.2, 0.25) is 0 Å². The molecule has 10 aliphatic rings. The molecule has 1 aromatic heterocycles. The van der Waals surface area contributed by atoms with Crippen molar-refractivity contribution in [2.24, 2.45) is 35.5 Å². The molecular weight excluding hydrogens is 599 g/mol. The van der Waals surface area contributed by atoms with Crippen LogP contribution in [0.2, 0.25) is 0 Å². The molecule has 3 heterocycles. The lowest BCUT2D eigenvalue weighted by Gasteiger charge is -2.60. The second-order valence-corrected chi connectivity index (χ2v) is 18.1. The van der Waals surface area contributed by atoms with Crippen LogP contribution < -0.4 is 9.80 Å². The summed E-state index contributed by atoms with van der Waals surface area (Å²) in [6.45, 7) is 1.96. The van der Waals surface area contributed by atoms with Gasteiger partial charge < -0.3 is 24.2 Å². The van der Waals surface area contributed by atoms with Gasteiger partial charge in [0.05, 0.1) is 24.4 Å². The van der Waals surface area contributed by atoms with E-state index in [1.165, 1.54) is 116 Å². The van der Waals surface area contributed by atoms with E-state index >= 15 is 0 Å². The Hall–Kier alpha value is -3.86. The molecule has 4 aromatic rings. The zero-order valence-corrected chi connectivity index (χ0v) is 28.8. The van der Waals surface area contributed by atoms with Crippen LogP contribution in [0, 0.1) is 35.5 Å². The lowest BCUT2D eigenvalue weighted by molar-refractivity contribution is -0.0674. The van der Waals surface area contributed by atoms with Gasteiger partial charge in [-0.25, -0.2) is 0 Å². The van der Waals surface area contributed by atoms with E-state index in [4.69, 9.17) is 0 Å². The Bertz CT molecular complexity index is 1980. The molecule has 250 valence electrons. The summed E-state index contributed by atoms with van der Waals surface area (Å²) in [5.74, 6) is 5.80. The van der Waals surface area contributed by atoms with Crippen molar-refractivity contribution < 1.29 is 0 Å². The van der Waals surface area contributed by atoms with Crippen molar-refractivity contribution in [2.75, 3.05) is 23.1 Å². The van der Waals surface area contributed by atoms with Crippen LogP contribution in [0.1, 0.15) is 77.0 Å². The van der Waals surface area contributed by atoms with Gasteiger partial charge in [-0.15, -0.1) is 0 Å². The van der Waals surface area contributed by atoms with Gasteiger partial charge in [-0.3, -0.25) is 0 Å². The fourth-order valence-corrected chi connectivity index (χ4v) is 13.9. The predicted octanol–water partition coefficient (Wildman–Crippen LogP) is 9.82. The van der Waals surface area contributed by atoms with Gasteiger partial charge in [-0.2, -0.15) is 0 Å². The van der Waals surface area contributed by atoms with E-state index < -0.39 is 0 Å². The van der Waals surface area contributed by atoms with Crippen molar-refractivity contribution in [3.8, 4) is 5.69 Å². The standard InChI is InChI=1S/C44H49N5/c1-2-7-41-39(6-1)40-9-8-37(46-11-13-48(29-46)44-25-33-17-34(26-44)19-35(18-33)27-44)21-42(40)49(41)38-5-3-4-36(20-38)45-10-12-47(28-45)43-22-30-14-31(23-43)16-32(15-30)24-43/h1-13,20-21,30-35H,14-19,22-29H2. The molecule has 2 aliphatic heterocycles. The summed E-state index contributed by atoms with van der Waals surface area (Å²) < 4.78 is 2.52. The van der Waals surface area contributed by atoms with Gasteiger partial charge in [0.25, 0.3) is 0 Å². The lowest BCUT2D eigenvalue weighted by Crippen LogP contribution is -2.58. The molecule has 49 heavy (non-hydrogen) atoms. The Balaban J connectivity index is 0.864. The highest BCUT2D eigenvalue weighted by molar-refractivity contribution is 6.10. The largest absolute Gasteiger partial charge is 0.353 e. The number of para-hydroxylation sites is 1. The van der Waals surface area contributed by atoms with Crippen molar-refractivity contribution in [3.63, 3.8) is 0 Å². The highest BCUT2D eigenvalue weighted by atomic mass is 15.4. The van der Waals surface area contributed by atoms with Crippen LogP contribution in [0.3, 0.4) is 0 Å². The van der Waals surface area contributed by atoms with E-state index in [-0.39, 0.29) is 0 Å². The lowest BCUT2D eigenvalue weighted by atomic mass is 9.52. The monoisotopic (exact) mass is 647 g/mol. The van der Waals surface area contributed by atoms with E-state index in [2.05, 4.69) is 116 Å². The van der Waals surface area contributed by atoms with Crippen molar-refractivity contribution in [1.29, 1.82) is 0 Å². The Morgan fingerprint density at radius 1 is 0.429 bits per heavy atom. The summed E-state index contributed by atoms with van der Waals surface area (Å²) in [6, 6.07) is 25.5. The van der Waals surface area contributed by atoms with Crippen LogP contribution in [0.4, 0.5) is 11.4 Å². The SMILES string of the molecule is C1=CN(C23CC4CC(CC(C4)C2)C3)CN1c1cccc(-n2c3ccccc3c3ccc(N4C=CN(C56CC7CC(CC(C7)C5)C6)C4)cc32)c1. The topological polar surface area (TPSA) is 17.9 Å². The summed E-state index contributed by atoms with van der Waals surface area (Å²) in [7, 11) is 0. The van der Waals surface area contributed by atoms with Crippen LogP contribution in [-0.4, -0.2) is 38.8 Å². The predicted molar refractivity (Wildman–Crippen MR) is 199 cm³/mol. The van der Waals surface area contributed by atoms with E-state index in [1.807, 2.05) is 0 Å². The third-order valence-corrected chi connectivity index (χ3v) is 15.1. The fraction of sp³-hybridized carbons (Fsp3) is 0.500. The highest BCUT2D eigenvalue weighted by Crippen LogP contribution is 2.59. The van der Waals surface area contributed by atoms with Crippen LogP contribution >= 0.6 is 0 Å². The molecule has 0 N–H and O–H groups in total. The first-order valence-corrected chi connectivity index (χ1v) is 19.6. The van der Waals surface area contributed by atoms with E-state index in [9.17, 15) is 0 Å². The smallest absolute Gasteiger partial charge is 0.0947 e. The molecule has 0 saturated heterocycles. The summed E-state index contributed by atoms with van der Waals surface area (Å²) in [5.41, 5.74) is 7.21. The number of aromatic nitrogens is 1. The van der Waals surface area contributed by atoms with Crippen LogP contribution in [0.15, 0.2) is 91.5 Å². The average molecular weight is 648 g/mol. The molecule has 14 rings (SSSR count). The number of nitrogens with zero attached hydrogens (tertiary/aromatic N) is 5. The maximum atomic E-state index is 2.75. The van der Waals surface area contributed by atoms with E-state index in [1.54, 1.807) is 0 Å². The van der Waals surface area contributed by atoms with Crippen molar-refractivity contribution in [3.05, 3.63) is 91.5 Å². The average Bonchev–Trinajstić information content (AvgIpc) is 3.86.